The van der Waals surface area contributed by atoms with Gasteiger partial charge < -0.3 is 5.32 Å². The Morgan fingerprint density at radius 2 is 2.28 bits per heavy atom. The van der Waals surface area contributed by atoms with Crippen molar-refractivity contribution in [3.8, 4) is 6.07 Å². The summed E-state index contributed by atoms with van der Waals surface area (Å²) in [6.45, 7) is 1.74. The number of hydrogen-bond donors (Lipinski definition) is 1. The second-order valence-corrected chi connectivity index (χ2v) is 3.67. The smallest absolute Gasteiger partial charge is 0.259 e. The zero-order chi connectivity index (χ0) is 13.0. The highest BCUT2D eigenvalue weighted by atomic mass is 16.1. The van der Waals surface area contributed by atoms with E-state index in [4.69, 9.17) is 5.26 Å². The number of rotatable bonds is 2. The molecule has 2 aromatic rings. The van der Waals surface area contributed by atoms with Gasteiger partial charge in [-0.15, -0.1) is 0 Å². The summed E-state index contributed by atoms with van der Waals surface area (Å²) in [7, 11) is 0. The van der Waals surface area contributed by atoms with Crippen LogP contribution in [0.4, 0.5) is 5.69 Å². The van der Waals surface area contributed by atoms with Gasteiger partial charge in [-0.3, -0.25) is 4.79 Å². The van der Waals surface area contributed by atoms with Crippen LogP contribution in [0.15, 0.2) is 36.8 Å². The Labute approximate surface area is 104 Å². The maximum absolute atomic E-state index is 12.0. The molecule has 0 bridgehead atoms. The molecule has 0 saturated heterocycles. The fourth-order valence-electron chi connectivity index (χ4n) is 1.48. The van der Waals surface area contributed by atoms with E-state index in [0.29, 0.717) is 22.5 Å². The fraction of sp³-hybridized carbons (Fsp3) is 0.0769. The molecule has 88 valence electrons. The van der Waals surface area contributed by atoms with E-state index in [2.05, 4.69) is 15.3 Å². The highest BCUT2D eigenvalue weighted by Gasteiger charge is 2.10. The number of anilines is 1. The molecule has 1 heterocycles. The molecule has 0 fully saturated rings. The van der Waals surface area contributed by atoms with Crippen molar-refractivity contribution in [3.05, 3.63) is 53.6 Å². The van der Waals surface area contributed by atoms with Gasteiger partial charge in [0.05, 0.1) is 22.9 Å². The van der Waals surface area contributed by atoms with Gasteiger partial charge in [-0.1, -0.05) is 6.07 Å². The molecule has 1 aromatic carbocycles. The summed E-state index contributed by atoms with van der Waals surface area (Å²) >= 11 is 0. The maximum Gasteiger partial charge on any atom is 0.259 e. The highest BCUT2D eigenvalue weighted by molar-refractivity contribution is 6.04. The second kappa shape index (κ2) is 5.06. The van der Waals surface area contributed by atoms with Crippen molar-refractivity contribution >= 4 is 11.6 Å². The van der Waals surface area contributed by atoms with Crippen LogP contribution in [0.1, 0.15) is 21.6 Å². The van der Waals surface area contributed by atoms with E-state index >= 15 is 0 Å². The van der Waals surface area contributed by atoms with Crippen LogP contribution in [-0.2, 0) is 0 Å². The van der Waals surface area contributed by atoms with Crippen LogP contribution < -0.4 is 5.32 Å². The Hall–Kier alpha value is -2.74. The summed E-state index contributed by atoms with van der Waals surface area (Å²) in [6, 6.07) is 8.73. The van der Waals surface area contributed by atoms with Gasteiger partial charge in [0.15, 0.2) is 0 Å². The van der Waals surface area contributed by atoms with Crippen molar-refractivity contribution in [2.24, 2.45) is 0 Å². The first-order valence-electron chi connectivity index (χ1n) is 5.29. The fourth-order valence-corrected chi connectivity index (χ4v) is 1.48. The minimum absolute atomic E-state index is 0.289. The predicted octanol–water partition coefficient (Wildman–Crippen LogP) is 1.91. The number of benzene rings is 1. The number of aromatic nitrogens is 2. The molecule has 0 atom stereocenters. The van der Waals surface area contributed by atoms with Gasteiger partial charge in [-0.05, 0) is 25.1 Å². The quantitative estimate of drug-likeness (QED) is 0.866. The predicted molar refractivity (Wildman–Crippen MR) is 65.9 cm³/mol. The first-order chi connectivity index (χ1) is 8.70. The van der Waals surface area contributed by atoms with Crippen molar-refractivity contribution in [2.45, 2.75) is 6.92 Å². The van der Waals surface area contributed by atoms with Crippen LogP contribution in [-0.4, -0.2) is 15.9 Å². The molecule has 5 heteroatoms. The van der Waals surface area contributed by atoms with Crippen LogP contribution in [0.5, 0.6) is 0 Å². The zero-order valence-corrected chi connectivity index (χ0v) is 9.71. The molecule has 18 heavy (non-hydrogen) atoms. The third kappa shape index (κ3) is 2.50. The second-order valence-electron chi connectivity index (χ2n) is 3.67. The van der Waals surface area contributed by atoms with Crippen LogP contribution in [0.2, 0.25) is 0 Å². The molecule has 0 spiro atoms. The lowest BCUT2D eigenvalue weighted by atomic mass is 10.2. The summed E-state index contributed by atoms with van der Waals surface area (Å²) in [6.07, 6.45) is 2.86. The molecule has 0 aliphatic carbocycles. The molecule has 0 aliphatic heterocycles. The van der Waals surface area contributed by atoms with Crippen molar-refractivity contribution in [3.63, 3.8) is 0 Å². The number of carbonyl (C=O) groups is 1. The Morgan fingerprint density at radius 3 is 3.00 bits per heavy atom. The van der Waals surface area contributed by atoms with Crippen molar-refractivity contribution in [1.82, 2.24) is 9.97 Å². The van der Waals surface area contributed by atoms with E-state index in [-0.39, 0.29) is 5.91 Å². The minimum Gasteiger partial charge on any atom is -0.322 e. The molecule has 1 aromatic heterocycles. The lowest BCUT2D eigenvalue weighted by Crippen LogP contribution is -2.14. The summed E-state index contributed by atoms with van der Waals surface area (Å²) in [5.41, 5.74) is 2.09. The van der Waals surface area contributed by atoms with E-state index in [1.54, 1.807) is 31.2 Å². The number of nitrogens with one attached hydrogen (secondary N) is 1. The molecule has 1 N–H and O–H groups in total. The molecule has 0 unspecified atom stereocenters. The van der Waals surface area contributed by atoms with Gasteiger partial charge in [0.2, 0.25) is 0 Å². The molecule has 2 rings (SSSR count). The third-order valence-corrected chi connectivity index (χ3v) is 2.41. The lowest BCUT2D eigenvalue weighted by molar-refractivity contribution is 0.102. The van der Waals surface area contributed by atoms with Crippen LogP contribution in [0.25, 0.3) is 0 Å². The Kier molecular flexibility index (Phi) is 3.30. The van der Waals surface area contributed by atoms with Crippen LogP contribution >= 0.6 is 0 Å². The molecule has 1 amide bonds. The molecule has 0 aliphatic rings. The number of nitriles is 1. The highest BCUT2D eigenvalue weighted by Crippen LogP contribution is 2.12. The lowest BCUT2D eigenvalue weighted by Gasteiger charge is -2.06. The minimum atomic E-state index is -0.289. The van der Waals surface area contributed by atoms with Gasteiger partial charge >= 0.3 is 0 Å². The molecular formula is C13H10N4O. The molecular weight excluding hydrogens is 228 g/mol. The average molecular weight is 238 g/mol. The third-order valence-electron chi connectivity index (χ3n) is 2.41. The first-order valence-corrected chi connectivity index (χ1v) is 5.29. The van der Waals surface area contributed by atoms with E-state index in [1.165, 1.54) is 12.5 Å². The van der Waals surface area contributed by atoms with Crippen LogP contribution in [0, 0.1) is 18.3 Å². The number of nitrogens with zero attached hydrogens (tertiary/aromatic N) is 3. The SMILES string of the molecule is Cc1ncncc1C(=O)Nc1cccc(C#N)c1. The zero-order valence-electron chi connectivity index (χ0n) is 9.71. The summed E-state index contributed by atoms with van der Waals surface area (Å²) in [4.78, 5) is 19.7. The first kappa shape index (κ1) is 11.7. The topological polar surface area (TPSA) is 78.7 Å². The summed E-state index contributed by atoms with van der Waals surface area (Å²) < 4.78 is 0. The Balaban J connectivity index is 2.22. The van der Waals surface area contributed by atoms with E-state index in [1.807, 2.05) is 6.07 Å². The average Bonchev–Trinajstić information content (AvgIpc) is 2.39. The number of amides is 1. The largest absolute Gasteiger partial charge is 0.322 e. The monoisotopic (exact) mass is 238 g/mol. The molecule has 0 radical (unpaired) electrons. The van der Waals surface area contributed by atoms with E-state index < -0.39 is 0 Å². The van der Waals surface area contributed by atoms with Gasteiger partial charge in [0, 0.05) is 11.9 Å². The maximum atomic E-state index is 12.0. The van der Waals surface area contributed by atoms with Gasteiger partial charge in [0.1, 0.15) is 6.33 Å². The van der Waals surface area contributed by atoms with Crippen molar-refractivity contribution in [1.29, 1.82) is 5.26 Å². The summed E-state index contributed by atoms with van der Waals surface area (Å²) in [5.74, 6) is -0.289. The van der Waals surface area contributed by atoms with E-state index in [9.17, 15) is 4.79 Å². The van der Waals surface area contributed by atoms with E-state index in [0.717, 1.165) is 0 Å². The van der Waals surface area contributed by atoms with Crippen molar-refractivity contribution < 1.29 is 4.79 Å². The standard InChI is InChI=1S/C13H10N4O/c1-9-12(7-15-8-16-9)13(18)17-11-4-2-3-10(5-11)6-14/h2-5,7-8H,1H3,(H,17,18). The summed E-state index contributed by atoms with van der Waals surface area (Å²) in [5, 5.41) is 11.5. The molecule has 5 nitrogen and oxygen atoms in total. The van der Waals surface area contributed by atoms with Gasteiger partial charge in [-0.2, -0.15) is 5.26 Å². The number of carbonyl (C=O) groups excluding carboxylic acids is 1. The Morgan fingerprint density at radius 1 is 1.44 bits per heavy atom. The number of aryl methyl sites for hydroxylation is 1. The Bertz CT molecular complexity index is 631. The van der Waals surface area contributed by atoms with Gasteiger partial charge in [-0.25, -0.2) is 9.97 Å². The normalized spacial score (nSPS) is 9.56. The van der Waals surface area contributed by atoms with Crippen LogP contribution in [0.3, 0.4) is 0 Å². The van der Waals surface area contributed by atoms with Gasteiger partial charge in [0.25, 0.3) is 5.91 Å². The number of hydrogen-bond acceptors (Lipinski definition) is 4. The van der Waals surface area contributed by atoms with Crippen molar-refractivity contribution in [2.75, 3.05) is 5.32 Å². The molecule has 0 saturated carbocycles.